The Kier molecular flexibility index (Phi) is 4.18. The van der Waals surface area contributed by atoms with Gasteiger partial charge in [0.2, 0.25) is 5.91 Å². The minimum absolute atomic E-state index is 0.301. The number of imidazole rings is 1. The Morgan fingerprint density at radius 3 is 3.18 bits per heavy atom. The molecule has 4 nitrogen and oxygen atoms in total. The maximum absolute atomic E-state index is 12.1. The van der Waals surface area contributed by atoms with Crippen LogP contribution >= 0.6 is 0 Å². The maximum atomic E-state index is 12.1. The predicted molar refractivity (Wildman–Crippen MR) is 66.3 cm³/mol. The van der Waals surface area contributed by atoms with E-state index < -0.39 is 0 Å². The molecule has 2 heterocycles. The second kappa shape index (κ2) is 5.84. The Morgan fingerprint density at radius 1 is 1.59 bits per heavy atom. The van der Waals surface area contributed by atoms with E-state index in [4.69, 9.17) is 0 Å². The molecule has 94 valence electrons. The monoisotopic (exact) mass is 235 g/mol. The van der Waals surface area contributed by atoms with Gasteiger partial charge in [-0.25, -0.2) is 4.98 Å². The molecule has 4 heteroatoms. The smallest absolute Gasteiger partial charge is 0.223 e. The lowest BCUT2D eigenvalue weighted by Gasteiger charge is -2.19. The number of aromatic amines is 1. The van der Waals surface area contributed by atoms with Gasteiger partial charge in [-0.15, -0.1) is 0 Å². The molecule has 1 N–H and O–H groups in total. The van der Waals surface area contributed by atoms with Crippen molar-refractivity contribution in [2.75, 3.05) is 6.54 Å². The summed E-state index contributed by atoms with van der Waals surface area (Å²) in [6.07, 6.45) is 8.87. The predicted octanol–water partition coefficient (Wildman–Crippen LogP) is 2.34. The number of amides is 1. The van der Waals surface area contributed by atoms with Gasteiger partial charge in [-0.2, -0.15) is 0 Å². The van der Waals surface area contributed by atoms with Crippen LogP contribution in [0.15, 0.2) is 12.5 Å². The molecule has 17 heavy (non-hydrogen) atoms. The Morgan fingerprint density at radius 2 is 2.47 bits per heavy atom. The quantitative estimate of drug-likeness (QED) is 0.870. The summed E-state index contributed by atoms with van der Waals surface area (Å²) in [5, 5.41) is 0. The fourth-order valence-corrected chi connectivity index (χ4v) is 2.57. The number of nitrogens with zero attached hydrogens (tertiary/aromatic N) is 2. The van der Waals surface area contributed by atoms with Crippen LogP contribution < -0.4 is 0 Å². The zero-order valence-electron chi connectivity index (χ0n) is 10.5. The van der Waals surface area contributed by atoms with E-state index in [1.807, 2.05) is 4.90 Å². The average Bonchev–Trinajstić information content (AvgIpc) is 2.74. The van der Waals surface area contributed by atoms with Gasteiger partial charge in [0.25, 0.3) is 0 Å². The SMILES string of the molecule is CCCC1CCCN(Cc2cnc[nH]2)C(=O)C1. The summed E-state index contributed by atoms with van der Waals surface area (Å²) >= 11 is 0. The molecule has 0 bridgehead atoms. The number of likely N-dealkylation sites (tertiary alicyclic amines) is 1. The molecule has 1 atom stereocenters. The zero-order chi connectivity index (χ0) is 12.1. The van der Waals surface area contributed by atoms with Crippen molar-refractivity contribution in [2.45, 2.75) is 45.6 Å². The third-order valence-electron chi connectivity index (χ3n) is 3.47. The number of H-pyrrole nitrogens is 1. The Bertz CT molecular complexity index is 348. The van der Waals surface area contributed by atoms with Crippen LogP contribution in [-0.4, -0.2) is 27.3 Å². The minimum atomic E-state index is 0.301. The van der Waals surface area contributed by atoms with Gasteiger partial charge >= 0.3 is 0 Å². The topological polar surface area (TPSA) is 49.0 Å². The minimum Gasteiger partial charge on any atom is -0.347 e. The lowest BCUT2D eigenvalue weighted by Crippen LogP contribution is -2.30. The van der Waals surface area contributed by atoms with Gasteiger partial charge in [0, 0.05) is 19.2 Å². The van der Waals surface area contributed by atoms with Crippen LogP contribution in [0.25, 0.3) is 0 Å². The molecule has 0 saturated carbocycles. The third-order valence-corrected chi connectivity index (χ3v) is 3.47. The molecule has 1 amide bonds. The van der Waals surface area contributed by atoms with Crippen LogP contribution in [0.4, 0.5) is 0 Å². The van der Waals surface area contributed by atoms with E-state index in [9.17, 15) is 4.79 Å². The van der Waals surface area contributed by atoms with E-state index in [1.165, 1.54) is 19.3 Å². The van der Waals surface area contributed by atoms with Crippen LogP contribution in [0.5, 0.6) is 0 Å². The largest absolute Gasteiger partial charge is 0.347 e. The van der Waals surface area contributed by atoms with E-state index in [2.05, 4.69) is 16.9 Å². The Balaban J connectivity index is 1.93. The van der Waals surface area contributed by atoms with Crippen molar-refractivity contribution < 1.29 is 4.79 Å². The van der Waals surface area contributed by atoms with Crippen molar-refractivity contribution in [3.05, 3.63) is 18.2 Å². The maximum Gasteiger partial charge on any atom is 0.223 e. The summed E-state index contributed by atoms with van der Waals surface area (Å²) in [6.45, 7) is 3.76. The van der Waals surface area contributed by atoms with E-state index in [-0.39, 0.29) is 0 Å². The van der Waals surface area contributed by atoms with Crippen molar-refractivity contribution in [3.63, 3.8) is 0 Å². The molecular formula is C13H21N3O. The van der Waals surface area contributed by atoms with Gasteiger partial charge in [-0.05, 0) is 18.8 Å². The number of rotatable bonds is 4. The second-order valence-electron chi connectivity index (χ2n) is 4.89. The molecule has 0 aliphatic carbocycles. The molecular weight excluding hydrogens is 214 g/mol. The lowest BCUT2D eigenvalue weighted by molar-refractivity contribution is -0.132. The summed E-state index contributed by atoms with van der Waals surface area (Å²) in [7, 11) is 0. The number of hydrogen-bond acceptors (Lipinski definition) is 2. The van der Waals surface area contributed by atoms with Crippen molar-refractivity contribution in [1.82, 2.24) is 14.9 Å². The van der Waals surface area contributed by atoms with Crippen molar-refractivity contribution in [3.8, 4) is 0 Å². The van der Waals surface area contributed by atoms with Gasteiger partial charge < -0.3 is 9.88 Å². The number of aromatic nitrogens is 2. The zero-order valence-corrected chi connectivity index (χ0v) is 10.5. The molecule has 0 spiro atoms. The highest BCUT2D eigenvalue weighted by Gasteiger charge is 2.23. The molecule has 0 radical (unpaired) electrons. The van der Waals surface area contributed by atoms with Gasteiger partial charge in [0.1, 0.15) is 0 Å². The van der Waals surface area contributed by atoms with Crippen LogP contribution in [-0.2, 0) is 11.3 Å². The molecule has 1 aliphatic heterocycles. The summed E-state index contributed by atoms with van der Waals surface area (Å²) < 4.78 is 0. The van der Waals surface area contributed by atoms with Crippen LogP contribution in [0.1, 0.15) is 44.7 Å². The van der Waals surface area contributed by atoms with Gasteiger partial charge in [-0.3, -0.25) is 4.79 Å². The summed E-state index contributed by atoms with van der Waals surface area (Å²) in [5.41, 5.74) is 1.02. The highest BCUT2D eigenvalue weighted by molar-refractivity contribution is 5.76. The van der Waals surface area contributed by atoms with Gasteiger partial charge in [0.05, 0.1) is 18.6 Å². The molecule has 1 saturated heterocycles. The number of carbonyl (C=O) groups excluding carboxylic acids is 1. The summed E-state index contributed by atoms with van der Waals surface area (Å²) in [6, 6.07) is 0. The van der Waals surface area contributed by atoms with Gasteiger partial charge in [-0.1, -0.05) is 19.8 Å². The molecule has 1 aromatic heterocycles. The number of carbonyl (C=O) groups is 1. The van der Waals surface area contributed by atoms with Crippen LogP contribution in [0.3, 0.4) is 0 Å². The molecule has 1 fully saturated rings. The molecule has 1 unspecified atom stereocenters. The van der Waals surface area contributed by atoms with E-state index >= 15 is 0 Å². The lowest BCUT2D eigenvalue weighted by atomic mass is 9.95. The Labute approximate surface area is 102 Å². The molecule has 1 aliphatic rings. The normalized spacial score (nSPS) is 21.6. The first kappa shape index (κ1) is 12.1. The van der Waals surface area contributed by atoms with E-state index in [0.29, 0.717) is 18.4 Å². The van der Waals surface area contributed by atoms with E-state index in [1.54, 1.807) is 12.5 Å². The number of nitrogens with one attached hydrogen (secondary N) is 1. The van der Waals surface area contributed by atoms with E-state index in [0.717, 1.165) is 25.1 Å². The first-order valence-electron chi connectivity index (χ1n) is 6.54. The van der Waals surface area contributed by atoms with Crippen molar-refractivity contribution in [2.24, 2.45) is 5.92 Å². The Hall–Kier alpha value is -1.32. The highest BCUT2D eigenvalue weighted by Crippen LogP contribution is 2.23. The summed E-state index contributed by atoms with van der Waals surface area (Å²) in [4.78, 5) is 21.1. The second-order valence-corrected chi connectivity index (χ2v) is 4.89. The first-order chi connectivity index (χ1) is 8.29. The fraction of sp³-hybridized carbons (Fsp3) is 0.692. The molecule has 0 aromatic carbocycles. The molecule has 2 rings (SSSR count). The third kappa shape index (κ3) is 3.32. The van der Waals surface area contributed by atoms with Crippen LogP contribution in [0, 0.1) is 5.92 Å². The standard InChI is InChI=1S/C13H21N3O/c1-2-4-11-5-3-6-16(13(17)7-11)9-12-8-14-10-15-12/h8,10-11H,2-7,9H2,1H3,(H,14,15). The van der Waals surface area contributed by atoms with Crippen molar-refractivity contribution >= 4 is 5.91 Å². The summed E-state index contributed by atoms with van der Waals surface area (Å²) in [5.74, 6) is 0.898. The number of hydrogen-bond donors (Lipinski definition) is 1. The fourth-order valence-electron chi connectivity index (χ4n) is 2.57. The molecule has 1 aromatic rings. The van der Waals surface area contributed by atoms with Crippen LogP contribution in [0.2, 0.25) is 0 Å². The average molecular weight is 235 g/mol. The highest BCUT2D eigenvalue weighted by atomic mass is 16.2. The first-order valence-corrected chi connectivity index (χ1v) is 6.54. The van der Waals surface area contributed by atoms with Gasteiger partial charge in [0.15, 0.2) is 0 Å². The van der Waals surface area contributed by atoms with Crippen molar-refractivity contribution in [1.29, 1.82) is 0 Å².